The normalized spacial score (nSPS) is 11.3. The summed E-state index contributed by atoms with van der Waals surface area (Å²) in [6.45, 7) is 0.288. The van der Waals surface area contributed by atoms with Crippen LogP contribution in [0.5, 0.6) is 5.75 Å². The van der Waals surface area contributed by atoms with Crippen molar-refractivity contribution in [1.82, 2.24) is 10.3 Å². The summed E-state index contributed by atoms with van der Waals surface area (Å²) in [4.78, 5) is 18.0. The number of rotatable bonds is 5. The highest BCUT2D eigenvalue weighted by Gasteiger charge is 2.21. The first-order chi connectivity index (χ1) is 13.6. The summed E-state index contributed by atoms with van der Waals surface area (Å²) in [6.07, 6.45) is 0. The first-order valence-corrected chi connectivity index (χ1v) is 9.34. The second kappa shape index (κ2) is 9.04. The zero-order valence-electron chi connectivity index (χ0n) is 15.2. The molecule has 0 saturated carbocycles. The van der Waals surface area contributed by atoms with Crippen LogP contribution in [-0.2, 0) is 4.74 Å². The van der Waals surface area contributed by atoms with E-state index in [-0.39, 0.29) is 29.6 Å². The van der Waals surface area contributed by atoms with E-state index in [1.165, 1.54) is 11.3 Å². The first-order valence-electron chi connectivity index (χ1n) is 8.46. The van der Waals surface area contributed by atoms with Crippen LogP contribution in [0.3, 0.4) is 0 Å². The van der Waals surface area contributed by atoms with Crippen LogP contribution in [0.25, 0.3) is 0 Å². The summed E-state index contributed by atoms with van der Waals surface area (Å²) in [5.41, 5.74) is 7.47. The summed E-state index contributed by atoms with van der Waals surface area (Å²) in [5, 5.41) is 14.7. The maximum atomic E-state index is 12.9. The highest BCUT2D eigenvalue weighted by atomic mass is 32.1. The summed E-state index contributed by atoms with van der Waals surface area (Å²) >= 11 is 1.51. The van der Waals surface area contributed by atoms with Crippen LogP contribution in [0.15, 0.2) is 53.9 Å². The van der Waals surface area contributed by atoms with Gasteiger partial charge in [0.2, 0.25) is 0 Å². The van der Waals surface area contributed by atoms with Gasteiger partial charge in [0.15, 0.2) is 0 Å². The molecule has 28 heavy (non-hydrogen) atoms. The summed E-state index contributed by atoms with van der Waals surface area (Å²) in [5.74, 6) is 5.49. The number of anilines is 1. The van der Waals surface area contributed by atoms with E-state index < -0.39 is 6.04 Å². The quantitative estimate of drug-likeness (QED) is 0.579. The van der Waals surface area contributed by atoms with E-state index in [1.54, 1.807) is 37.4 Å². The number of phenolic OH excluding ortho intramolecular Hbond substituents is 1. The van der Waals surface area contributed by atoms with E-state index in [1.807, 2.05) is 23.6 Å². The van der Waals surface area contributed by atoms with Crippen molar-refractivity contribution in [2.24, 2.45) is 0 Å². The number of carbonyl (C=O) groups excluding carboxylic acids is 1. The molecule has 0 bridgehead atoms. The van der Waals surface area contributed by atoms with Crippen molar-refractivity contribution in [2.75, 3.05) is 19.5 Å². The minimum atomic E-state index is -0.417. The molecule has 0 fully saturated rings. The number of aromatic hydroxyl groups is 1. The number of methoxy groups -OCH3 is 1. The Bertz CT molecular complexity index is 1020. The van der Waals surface area contributed by atoms with Crippen molar-refractivity contribution in [3.8, 4) is 17.6 Å². The number of hydrogen-bond acceptors (Lipinski definition) is 6. The Morgan fingerprint density at radius 3 is 2.86 bits per heavy atom. The van der Waals surface area contributed by atoms with Crippen LogP contribution in [0.4, 0.5) is 5.82 Å². The van der Waals surface area contributed by atoms with Gasteiger partial charge in [0, 0.05) is 12.0 Å². The second-order valence-electron chi connectivity index (χ2n) is 5.88. The van der Waals surface area contributed by atoms with E-state index in [0.29, 0.717) is 5.69 Å². The predicted molar refractivity (Wildman–Crippen MR) is 109 cm³/mol. The van der Waals surface area contributed by atoms with Crippen molar-refractivity contribution >= 4 is 23.1 Å². The number of carbonyl (C=O) groups is 1. The monoisotopic (exact) mass is 393 g/mol. The number of nitrogens with one attached hydrogen (secondary N) is 1. The molecule has 0 radical (unpaired) electrons. The molecule has 6 nitrogen and oxygen atoms in total. The fourth-order valence-electron chi connectivity index (χ4n) is 2.62. The lowest BCUT2D eigenvalue weighted by molar-refractivity contribution is 0.0944. The van der Waals surface area contributed by atoms with Gasteiger partial charge in [-0.25, -0.2) is 4.98 Å². The second-order valence-corrected chi connectivity index (χ2v) is 6.86. The van der Waals surface area contributed by atoms with Gasteiger partial charge in [-0.3, -0.25) is 4.79 Å². The van der Waals surface area contributed by atoms with E-state index >= 15 is 0 Å². The Balaban J connectivity index is 1.86. The average Bonchev–Trinajstić information content (AvgIpc) is 3.20. The molecular formula is C21H19N3O3S. The van der Waals surface area contributed by atoms with Gasteiger partial charge in [-0.05, 0) is 47.2 Å². The number of pyridine rings is 1. The summed E-state index contributed by atoms with van der Waals surface area (Å²) in [7, 11) is 1.56. The molecule has 0 saturated heterocycles. The smallest absolute Gasteiger partial charge is 0.255 e. The van der Waals surface area contributed by atoms with Crippen molar-refractivity contribution in [1.29, 1.82) is 0 Å². The largest absolute Gasteiger partial charge is 0.508 e. The van der Waals surface area contributed by atoms with Gasteiger partial charge >= 0.3 is 0 Å². The first kappa shape index (κ1) is 19.4. The number of phenols is 1. The molecule has 3 rings (SSSR count). The molecule has 0 aliphatic rings. The number of benzene rings is 1. The highest BCUT2D eigenvalue weighted by Crippen LogP contribution is 2.28. The molecule has 2 aromatic heterocycles. The van der Waals surface area contributed by atoms with Crippen molar-refractivity contribution in [3.05, 3.63) is 75.6 Å². The van der Waals surface area contributed by atoms with Gasteiger partial charge < -0.3 is 20.9 Å². The Labute approximate surface area is 167 Å². The molecular weight excluding hydrogens is 374 g/mol. The summed E-state index contributed by atoms with van der Waals surface area (Å²) < 4.78 is 4.87. The Morgan fingerprint density at radius 1 is 1.32 bits per heavy atom. The van der Waals surface area contributed by atoms with Gasteiger partial charge in [0.25, 0.3) is 5.91 Å². The number of hydrogen-bond donors (Lipinski definition) is 3. The zero-order valence-corrected chi connectivity index (χ0v) is 16.0. The van der Waals surface area contributed by atoms with Gasteiger partial charge in [-0.1, -0.05) is 24.1 Å². The van der Waals surface area contributed by atoms with Crippen LogP contribution in [0.1, 0.15) is 32.5 Å². The molecule has 1 amide bonds. The van der Waals surface area contributed by atoms with Gasteiger partial charge in [0.1, 0.15) is 23.9 Å². The maximum absolute atomic E-state index is 12.9. The SMILES string of the molecule is COCC#Cc1ccc(C(=O)NC(c2cccc(O)c2)c2cccs2)c(N)n1. The zero-order chi connectivity index (χ0) is 19.9. The Hall–Kier alpha value is -3.34. The minimum absolute atomic E-state index is 0.0996. The van der Waals surface area contributed by atoms with Crippen LogP contribution in [-0.4, -0.2) is 29.7 Å². The predicted octanol–water partition coefficient (Wildman–Crippen LogP) is 2.95. The van der Waals surface area contributed by atoms with E-state index in [4.69, 9.17) is 10.5 Å². The molecule has 3 aromatic rings. The molecule has 1 atom stereocenters. The lowest BCUT2D eigenvalue weighted by Crippen LogP contribution is -2.29. The fourth-order valence-corrected chi connectivity index (χ4v) is 3.43. The Kier molecular flexibility index (Phi) is 6.27. The van der Waals surface area contributed by atoms with Crippen molar-refractivity contribution in [3.63, 3.8) is 0 Å². The molecule has 4 N–H and O–H groups in total. The number of ether oxygens (including phenoxy) is 1. The number of thiophene rings is 1. The molecule has 142 valence electrons. The lowest BCUT2D eigenvalue weighted by Gasteiger charge is -2.19. The highest BCUT2D eigenvalue weighted by molar-refractivity contribution is 7.10. The molecule has 0 aliphatic carbocycles. The third-order valence-electron chi connectivity index (χ3n) is 3.91. The third kappa shape index (κ3) is 4.68. The molecule has 1 unspecified atom stereocenters. The van der Waals surface area contributed by atoms with Gasteiger partial charge in [-0.15, -0.1) is 11.3 Å². The lowest BCUT2D eigenvalue weighted by atomic mass is 10.0. The number of nitrogen functional groups attached to an aromatic ring is 1. The van der Waals surface area contributed by atoms with Crippen LogP contribution in [0, 0.1) is 11.8 Å². The standard InChI is InChI=1S/C21H19N3O3S/c1-27-11-3-6-15-9-10-17(20(22)23-15)21(26)24-19(18-8-4-12-28-18)14-5-2-7-16(25)13-14/h2,4-5,7-10,12-13,19,25H,11H2,1H3,(H2,22,23)(H,24,26). The molecule has 2 heterocycles. The van der Waals surface area contributed by atoms with Crippen LogP contribution < -0.4 is 11.1 Å². The Morgan fingerprint density at radius 2 is 2.18 bits per heavy atom. The van der Waals surface area contributed by atoms with E-state index in [9.17, 15) is 9.90 Å². The van der Waals surface area contributed by atoms with E-state index in [2.05, 4.69) is 22.1 Å². The minimum Gasteiger partial charge on any atom is -0.508 e. The number of nitrogens with zero attached hydrogens (tertiary/aromatic N) is 1. The maximum Gasteiger partial charge on any atom is 0.255 e. The topological polar surface area (TPSA) is 97.5 Å². The molecule has 0 spiro atoms. The van der Waals surface area contributed by atoms with Crippen molar-refractivity contribution < 1.29 is 14.6 Å². The fraction of sp³-hybridized carbons (Fsp3) is 0.143. The van der Waals surface area contributed by atoms with E-state index in [0.717, 1.165) is 10.4 Å². The molecule has 0 aliphatic heterocycles. The average molecular weight is 393 g/mol. The van der Waals surface area contributed by atoms with Crippen LogP contribution >= 0.6 is 11.3 Å². The molecule has 1 aromatic carbocycles. The number of nitrogens with two attached hydrogens (primary N) is 1. The molecule has 7 heteroatoms. The van der Waals surface area contributed by atoms with Crippen LogP contribution in [0.2, 0.25) is 0 Å². The third-order valence-corrected chi connectivity index (χ3v) is 4.85. The van der Waals surface area contributed by atoms with Gasteiger partial charge in [-0.2, -0.15) is 0 Å². The number of amides is 1. The number of aromatic nitrogens is 1. The summed E-state index contributed by atoms with van der Waals surface area (Å²) in [6, 6.07) is 13.5. The van der Waals surface area contributed by atoms with Gasteiger partial charge in [0.05, 0.1) is 11.6 Å². The van der Waals surface area contributed by atoms with Crippen molar-refractivity contribution in [2.45, 2.75) is 6.04 Å².